The number of benzene rings is 1. The van der Waals surface area contributed by atoms with Crippen molar-refractivity contribution in [3.63, 3.8) is 0 Å². The van der Waals surface area contributed by atoms with Gasteiger partial charge in [-0.15, -0.1) is 0 Å². The van der Waals surface area contributed by atoms with Crippen LogP contribution in [0.25, 0.3) is 0 Å². The molecule has 3 heterocycles. The van der Waals surface area contributed by atoms with Gasteiger partial charge in [-0.3, -0.25) is 14.3 Å². The highest BCUT2D eigenvalue weighted by molar-refractivity contribution is 5.94. The quantitative estimate of drug-likeness (QED) is 0.654. The van der Waals surface area contributed by atoms with Crippen LogP contribution < -0.4 is 10.2 Å². The first-order chi connectivity index (χ1) is 16.0. The van der Waals surface area contributed by atoms with Crippen molar-refractivity contribution in [1.82, 2.24) is 20.0 Å². The number of likely N-dealkylation sites (tertiary alicyclic amines) is 1. The molecule has 0 aliphatic carbocycles. The van der Waals surface area contributed by atoms with Crippen molar-refractivity contribution < 1.29 is 14.4 Å². The molecule has 1 aromatic carbocycles. The van der Waals surface area contributed by atoms with E-state index in [9.17, 15) is 14.4 Å². The van der Waals surface area contributed by atoms with E-state index >= 15 is 0 Å². The molecule has 1 unspecified atom stereocenters. The number of anilines is 1. The molecule has 2 aromatic rings. The molecule has 2 saturated heterocycles. The molecule has 33 heavy (non-hydrogen) atoms. The molecular formula is C25H33N5O3. The summed E-state index contributed by atoms with van der Waals surface area (Å²) in [4.78, 5) is 40.1. The Morgan fingerprint density at radius 1 is 1.09 bits per heavy atom. The summed E-state index contributed by atoms with van der Waals surface area (Å²) in [5.74, 6) is -0.00328. The Kier molecular flexibility index (Phi) is 7.11. The van der Waals surface area contributed by atoms with E-state index in [0.29, 0.717) is 18.3 Å². The number of amides is 2. The monoisotopic (exact) mass is 451 g/mol. The SMILES string of the molecule is CNC(=O)C(CCC=O)n1cc(N2CCC3(CCN(C(=O)c4ccccc4)CC3)CC2)cn1. The van der Waals surface area contributed by atoms with Gasteiger partial charge in [-0.2, -0.15) is 5.10 Å². The van der Waals surface area contributed by atoms with Crippen LogP contribution in [0.1, 0.15) is 54.9 Å². The minimum absolute atomic E-state index is 0.135. The molecule has 1 atom stereocenters. The lowest BCUT2D eigenvalue weighted by atomic mass is 9.71. The Hall–Kier alpha value is -3.16. The molecule has 8 nitrogen and oxygen atoms in total. The molecular weight excluding hydrogens is 418 g/mol. The Morgan fingerprint density at radius 3 is 2.39 bits per heavy atom. The van der Waals surface area contributed by atoms with E-state index in [1.54, 1.807) is 11.7 Å². The van der Waals surface area contributed by atoms with Crippen LogP contribution in [0.5, 0.6) is 0 Å². The fourth-order valence-corrected chi connectivity index (χ4v) is 5.12. The second kappa shape index (κ2) is 10.2. The maximum absolute atomic E-state index is 12.8. The Labute approximate surface area is 194 Å². The average molecular weight is 452 g/mol. The van der Waals surface area contributed by atoms with E-state index in [0.717, 1.165) is 69.4 Å². The van der Waals surface area contributed by atoms with Crippen molar-refractivity contribution in [2.24, 2.45) is 5.41 Å². The number of hydrogen-bond donors (Lipinski definition) is 1. The van der Waals surface area contributed by atoms with Crippen LogP contribution in [-0.4, -0.2) is 66.0 Å². The van der Waals surface area contributed by atoms with Gasteiger partial charge in [-0.25, -0.2) is 0 Å². The molecule has 2 fully saturated rings. The number of likely N-dealkylation sites (N-methyl/N-ethyl adjacent to an activating group) is 1. The van der Waals surface area contributed by atoms with E-state index in [1.165, 1.54) is 0 Å². The van der Waals surface area contributed by atoms with Gasteiger partial charge in [0.05, 0.1) is 11.9 Å². The molecule has 0 bridgehead atoms. The summed E-state index contributed by atoms with van der Waals surface area (Å²) >= 11 is 0. The highest BCUT2D eigenvalue weighted by Crippen LogP contribution is 2.42. The maximum atomic E-state index is 12.8. The average Bonchev–Trinajstić information content (AvgIpc) is 3.35. The highest BCUT2D eigenvalue weighted by atomic mass is 16.2. The topological polar surface area (TPSA) is 87.5 Å². The van der Waals surface area contributed by atoms with Crippen LogP contribution in [0.2, 0.25) is 0 Å². The van der Waals surface area contributed by atoms with Crippen LogP contribution in [0.3, 0.4) is 0 Å². The smallest absolute Gasteiger partial charge is 0.253 e. The van der Waals surface area contributed by atoms with Gasteiger partial charge < -0.3 is 19.9 Å². The number of aldehydes is 1. The first-order valence-electron chi connectivity index (χ1n) is 11.8. The number of nitrogens with one attached hydrogen (secondary N) is 1. The molecule has 4 rings (SSSR count). The van der Waals surface area contributed by atoms with Crippen LogP contribution >= 0.6 is 0 Å². The summed E-state index contributed by atoms with van der Waals surface area (Å²) in [5.41, 5.74) is 2.08. The van der Waals surface area contributed by atoms with Gasteiger partial charge in [0, 0.05) is 51.4 Å². The van der Waals surface area contributed by atoms with Crippen LogP contribution in [0.15, 0.2) is 42.7 Å². The van der Waals surface area contributed by atoms with Gasteiger partial charge in [0.15, 0.2) is 0 Å². The van der Waals surface area contributed by atoms with Gasteiger partial charge in [0.25, 0.3) is 5.91 Å². The first-order valence-corrected chi connectivity index (χ1v) is 11.8. The van der Waals surface area contributed by atoms with Crippen molar-refractivity contribution in [3.8, 4) is 0 Å². The summed E-state index contributed by atoms with van der Waals surface area (Å²) < 4.78 is 1.68. The highest BCUT2D eigenvalue weighted by Gasteiger charge is 2.39. The molecule has 2 aliphatic rings. The standard InChI is InChI=1S/C25H33N5O3/c1-26-23(32)22(8-5-17-31)30-19-21(18-27-30)28-13-9-25(10-14-28)11-15-29(16-12-25)24(33)20-6-3-2-4-7-20/h2-4,6-7,17-19,22H,5,8-16H2,1H3,(H,26,32). The fourth-order valence-electron chi connectivity index (χ4n) is 5.12. The number of rotatable bonds is 7. The zero-order valence-electron chi connectivity index (χ0n) is 19.3. The molecule has 2 amide bonds. The third-order valence-electron chi connectivity index (χ3n) is 7.34. The van der Waals surface area contributed by atoms with Crippen molar-refractivity contribution in [3.05, 3.63) is 48.3 Å². The summed E-state index contributed by atoms with van der Waals surface area (Å²) in [6.45, 7) is 3.51. The second-order valence-corrected chi connectivity index (χ2v) is 9.20. The van der Waals surface area contributed by atoms with Gasteiger partial charge in [0.2, 0.25) is 5.91 Å². The Bertz CT molecular complexity index is 955. The number of aromatic nitrogens is 2. The first kappa shape index (κ1) is 23.0. The minimum Gasteiger partial charge on any atom is -0.369 e. The second-order valence-electron chi connectivity index (χ2n) is 9.20. The summed E-state index contributed by atoms with van der Waals surface area (Å²) in [5, 5.41) is 7.09. The van der Waals surface area contributed by atoms with Crippen molar-refractivity contribution in [2.75, 3.05) is 38.1 Å². The van der Waals surface area contributed by atoms with E-state index < -0.39 is 6.04 Å². The van der Waals surface area contributed by atoms with Crippen LogP contribution in [0, 0.1) is 5.41 Å². The maximum Gasteiger partial charge on any atom is 0.253 e. The van der Waals surface area contributed by atoms with E-state index in [1.807, 2.05) is 47.6 Å². The fraction of sp³-hybridized carbons (Fsp3) is 0.520. The van der Waals surface area contributed by atoms with Gasteiger partial charge in [-0.05, 0) is 49.7 Å². The Balaban J connectivity index is 1.33. The largest absolute Gasteiger partial charge is 0.369 e. The van der Waals surface area contributed by atoms with Crippen molar-refractivity contribution >= 4 is 23.8 Å². The van der Waals surface area contributed by atoms with Crippen molar-refractivity contribution in [2.45, 2.75) is 44.6 Å². The number of carbonyl (C=O) groups excluding carboxylic acids is 3. The lowest BCUT2D eigenvalue weighted by Crippen LogP contribution is -2.48. The number of nitrogens with zero attached hydrogens (tertiary/aromatic N) is 4. The lowest BCUT2D eigenvalue weighted by molar-refractivity contribution is -0.124. The normalized spacial score (nSPS) is 18.7. The zero-order chi connectivity index (χ0) is 23.3. The summed E-state index contributed by atoms with van der Waals surface area (Å²) in [7, 11) is 1.60. The lowest BCUT2D eigenvalue weighted by Gasteiger charge is -2.47. The summed E-state index contributed by atoms with van der Waals surface area (Å²) in [6, 6.07) is 9.06. The Morgan fingerprint density at radius 2 is 1.76 bits per heavy atom. The number of piperidine rings is 2. The van der Waals surface area contributed by atoms with Gasteiger partial charge in [-0.1, -0.05) is 18.2 Å². The number of hydrogen-bond acceptors (Lipinski definition) is 5. The predicted molar refractivity (Wildman–Crippen MR) is 126 cm³/mol. The third-order valence-corrected chi connectivity index (χ3v) is 7.34. The predicted octanol–water partition coefficient (Wildman–Crippen LogP) is 2.67. The van der Waals surface area contributed by atoms with Gasteiger partial charge in [0.1, 0.15) is 12.3 Å². The minimum atomic E-state index is -0.475. The third kappa shape index (κ3) is 5.10. The van der Waals surface area contributed by atoms with Crippen molar-refractivity contribution in [1.29, 1.82) is 0 Å². The molecule has 1 aromatic heterocycles. The van der Waals surface area contributed by atoms with Crippen LogP contribution in [-0.2, 0) is 9.59 Å². The molecule has 176 valence electrons. The molecule has 8 heteroatoms. The molecule has 1 spiro atoms. The molecule has 2 aliphatic heterocycles. The molecule has 0 radical (unpaired) electrons. The van der Waals surface area contributed by atoms with Gasteiger partial charge >= 0.3 is 0 Å². The van der Waals surface area contributed by atoms with Crippen LogP contribution in [0.4, 0.5) is 5.69 Å². The zero-order valence-corrected chi connectivity index (χ0v) is 19.3. The van der Waals surface area contributed by atoms with E-state index in [2.05, 4.69) is 15.3 Å². The van der Waals surface area contributed by atoms with E-state index in [-0.39, 0.29) is 11.8 Å². The number of carbonyl (C=O) groups is 3. The van der Waals surface area contributed by atoms with E-state index in [4.69, 9.17) is 0 Å². The summed E-state index contributed by atoms with van der Waals surface area (Å²) in [6.07, 6.45) is 9.61. The molecule has 1 N–H and O–H groups in total. The molecule has 0 saturated carbocycles.